The third kappa shape index (κ3) is 3.10. The molecule has 2 aromatic heterocycles. The molecular weight excluding hydrogens is 278 g/mol. The number of hydrogen-bond acceptors (Lipinski definition) is 5. The van der Waals surface area contributed by atoms with E-state index in [4.69, 9.17) is 0 Å². The molecule has 0 aromatic carbocycles. The van der Waals surface area contributed by atoms with Crippen LogP contribution in [0.15, 0.2) is 35.5 Å². The van der Waals surface area contributed by atoms with Crippen molar-refractivity contribution in [3.63, 3.8) is 0 Å². The minimum Gasteiger partial charge on any atom is -0.367 e. The van der Waals surface area contributed by atoms with Crippen molar-refractivity contribution in [3.8, 4) is 0 Å². The predicted molar refractivity (Wildman–Crippen MR) is 87.6 cm³/mol. The zero-order chi connectivity index (χ0) is 15.5. The van der Waals surface area contributed by atoms with Gasteiger partial charge in [0.25, 0.3) is 0 Å². The summed E-state index contributed by atoms with van der Waals surface area (Å²) in [6, 6.07) is 5.53. The van der Waals surface area contributed by atoms with Crippen LogP contribution in [0, 0.1) is 0 Å². The zero-order valence-corrected chi connectivity index (χ0v) is 13.0. The van der Waals surface area contributed by atoms with Crippen molar-refractivity contribution < 1.29 is 0 Å². The Labute approximate surface area is 129 Å². The lowest BCUT2D eigenvalue weighted by Crippen LogP contribution is -2.47. The largest absolute Gasteiger partial charge is 0.367 e. The maximum atomic E-state index is 11.1. The lowest BCUT2D eigenvalue weighted by molar-refractivity contribution is 0.644. The Hall–Kier alpha value is -2.37. The molecule has 0 atom stereocenters. The second-order valence-corrected chi connectivity index (χ2v) is 5.84. The molecule has 0 aliphatic carbocycles. The van der Waals surface area contributed by atoms with Crippen LogP contribution in [0.4, 0.5) is 11.5 Å². The molecule has 0 unspecified atom stereocenters. The van der Waals surface area contributed by atoms with Crippen LogP contribution in [-0.2, 0) is 0 Å². The number of aromatic nitrogens is 3. The van der Waals surface area contributed by atoms with Gasteiger partial charge in [0.05, 0.1) is 5.69 Å². The lowest BCUT2D eigenvalue weighted by Gasteiger charge is -2.36. The Morgan fingerprint density at radius 3 is 2.45 bits per heavy atom. The van der Waals surface area contributed by atoms with E-state index < -0.39 is 0 Å². The van der Waals surface area contributed by atoms with Gasteiger partial charge in [0.15, 0.2) is 0 Å². The molecule has 3 heterocycles. The summed E-state index contributed by atoms with van der Waals surface area (Å²) in [5, 5.41) is 0. The maximum Gasteiger partial charge on any atom is 0.248 e. The molecule has 0 radical (unpaired) electrons. The van der Waals surface area contributed by atoms with E-state index in [0.717, 1.165) is 43.4 Å². The maximum absolute atomic E-state index is 11.1. The molecule has 0 saturated carbocycles. The summed E-state index contributed by atoms with van der Waals surface area (Å²) < 4.78 is 0. The molecule has 1 aliphatic heterocycles. The van der Waals surface area contributed by atoms with Crippen molar-refractivity contribution in [2.24, 2.45) is 0 Å². The van der Waals surface area contributed by atoms with Gasteiger partial charge in [-0.15, -0.1) is 0 Å². The number of anilines is 2. The Bertz CT molecular complexity index is 668. The summed E-state index contributed by atoms with van der Waals surface area (Å²) >= 11 is 0. The summed E-state index contributed by atoms with van der Waals surface area (Å²) in [6.07, 6.45) is 3.43. The molecule has 2 aromatic rings. The molecule has 1 saturated heterocycles. The van der Waals surface area contributed by atoms with Gasteiger partial charge >= 0.3 is 0 Å². The number of pyridine rings is 1. The van der Waals surface area contributed by atoms with Crippen LogP contribution in [0.5, 0.6) is 0 Å². The molecule has 6 nitrogen and oxygen atoms in total. The molecule has 3 rings (SSSR count). The fourth-order valence-corrected chi connectivity index (χ4v) is 2.64. The number of nitrogens with one attached hydrogen (secondary N) is 1. The van der Waals surface area contributed by atoms with Gasteiger partial charge in [-0.25, -0.2) is 9.97 Å². The topological polar surface area (TPSA) is 65.1 Å². The highest BCUT2D eigenvalue weighted by molar-refractivity contribution is 5.47. The molecule has 0 amide bonds. The number of rotatable bonds is 3. The van der Waals surface area contributed by atoms with E-state index in [1.54, 1.807) is 18.6 Å². The van der Waals surface area contributed by atoms with Crippen molar-refractivity contribution in [2.75, 3.05) is 36.0 Å². The number of aromatic amines is 1. The van der Waals surface area contributed by atoms with E-state index in [2.05, 4.69) is 44.7 Å². The van der Waals surface area contributed by atoms with E-state index >= 15 is 0 Å². The first-order chi connectivity index (χ1) is 10.6. The van der Waals surface area contributed by atoms with Crippen molar-refractivity contribution in [1.29, 1.82) is 0 Å². The Balaban J connectivity index is 1.67. The third-order valence-corrected chi connectivity index (χ3v) is 4.00. The van der Waals surface area contributed by atoms with Crippen molar-refractivity contribution in [3.05, 3.63) is 46.8 Å². The first-order valence-corrected chi connectivity index (χ1v) is 7.64. The number of hydrogen-bond donors (Lipinski definition) is 1. The number of nitrogens with zero attached hydrogens (tertiary/aromatic N) is 4. The van der Waals surface area contributed by atoms with Crippen LogP contribution >= 0.6 is 0 Å². The van der Waals surface area contributed by atoms with Gasteiger partial charge < -0.3 is 14.8 Å². The Morgan fingerprint density at radius 1 is 1.09 bits per heavy atom. The third-order valence-electron chi connectivity index (χ3n) is 4.00. The van der Waals surface area contributed by atoms with Gasteiger partial charge in [-0.1, -0.05) is 13.8 Å². The predicted octanol–water partition coefficient (Wildman–Crippen LogP) is 1.61. The average molecular weight is 299 g/mol. The van der Waals surface area contributed by atoms with Gasteiger partial charge in [0.2, 0.25) is 5.56 Å². The van der Waals surface area contributed by atoms with E-state index in [1.165, 1.54) is 0 Å². The molecule has 0 bridgehead atoms. The molecular formula is C16H21N5O. The van der Waals surface area contributed by atoms with Crippen LogP contribution in [0.1, 0.15) is 25.5 Å². The van der Waals surface area contributed by atoms with E-state index in [0.29, 0.717) is 5.92 Å². The van der Waals surface area contributed by atoms with E-state index in [-0.39, 0.29) is 5.56 Å². The van der Waals surface area contributed by atoms with Crippen LogP contribution in [0.2, 0.25) is 0 Å². The summed E-state index contributed by atoms with van der Waals surface area (Å²) in [5.74, 6) is 1.41. The highest BCUT2D eigenvalue weighted by Crippen LogP contribution is 2.20. The van der Waals surface area contributed by atoms with Gasteiger partial charge in [0, 0.05) is 50.2 Å². The Kier molecular flexibility index (Phi) is 4.09. The smallest absolute Gasteiger partial charge is 0.248 e. The summed E-state index contributed by atoms with van der Waals surface area (Å²) in [6.45, 7) is 7.92. The first-order valence-electron chi connectivity index (χ1n) is 7.64. The summed E-state index contributed by atoms with van der Waals surface area (Å²) in [4.78, 5) is 27.1. The second-order valence-electron chi connectivity index (χ2n) is 5.84. The van der Waals surface area contributed by atoms with Crippen LogP contribution in [0.25, 0.3) is 0 Å². The Morgan fingerprint density at radius 2 is 1.82 bits per heavy atom. The van der Waals surface area contributed by atoms with Gasteiger partial charge in [-0.05, 0) is 12.0 Å². The normalized spacial score (nSPS) is 15.4. The molecule has 1 fully saturated rings. The highest BCUT2D eigenvalue weighted by Gasteiger charge is 2.19. The van der Waals surface area contributed by atoms with Gasteiger partial charge in [-0.2, -0.15) is 0 Å². The average Bonchev–Trinajstić information content (AvgIpc) is 2.56. The standard InChI is InChI=1S/C16H21N5O/c1-12(2)14-9-15(19-11-18-14)21-7-5-20(6-8-21)13-3-4-16(22)17-10-13/h3-4,9-12H,5-8H2,1-2H3,(H,17,22). The highest BCUT2D eigenvalue weighted by atomic mass is 16.1. The summed E-state index contributed by atoms with van der Waals surface area (Å²) in [5.41, 5.74) is 2.07. The van der Waals surface area contributed by atoms with Crippen molar-refractivity contribution >= 4 is 11.5 Å². The fraction of sp³-hybridized carbons (Fsp3) is 0.438. The molecule has 116 valence electrons. The van der Waals surface area contributed by atoms with Crippen LogP contribution < -0.4 is 15.4 Å². The van der Waals surface area contributed by atoms with E-state index in [1.807, 2.05) is 6.07 Å². The molecule has 1 N–H and O–H groups in total. The molecule has 0 spiro atoms. The SMILES string of the molecule is CC(C)c1cc(N2CCN(c3ccc(=O)[nH]c3)CC2)ncn1. The minimum absolute atomic E-state index is 0.0652. The lowest BCUT2D eigenvalue weighted by atomic mass is 10.1. The molecule has 22 heavy (non-hydrogen) atoms. The second kappa shape index (κ2) is 6.17. The van der Waals surface area contributed by atoms with Gasteiger partial charge in [0.1, 0.15) is 12.1 Å². The van der Waals surface area contributed by atoms with Crippen molar-refractivity contribution in [2.45, 2.75) is 19.8 Å². The molecule has 6 heteroatoms. The number of H-pyrrole nitrogens is 1. The minimum atomic E-state index is -0.0652. The fourth-order valence-electron chi connectivity index (χ4n) is 2.64. The number of piperazine rings is 1. The monoisotopic (exact) mass is 299 g/mol. The van der Waals surface area contributed by atoms with Gasteiger partial charge in [-0.3, -0.25) is 4.79 Å². The molecule has 1 aliphatic rings. The zero-order valence-electron chi connectivity index (χ0n) is 13.0. The quantitative estimate of drug-likeness (QED) is 0.933. The summed E-state index contributed by atoms with van der Waals surface area (Å²) in [7, 11) is 0. The first kappa shape index (κ1) is 14.6. The van der Waals surface area contributed by atoms with Crippen LogP contribution in [0.3, 0.4) is 0 Å². The van der Waals surface area contributed by atoms with Crippen molar-refractivity contribution in [1.82, 2.24) is 15.0 Å². The van der Waals surface area contributed by atoms with Crippen LogP contribution in [-0.4, -0.2) is 41.1 Å². The van der Waals surface area contributed by atoms with E-state index in [9.17, 15) is 4.79 Å².